The molecule has 0 bridgehead atoms. The minimum Gasteiger partial charge on any atom is -0.493 e. The van der Waals surface area contributed by atoms with E-state index in [1.807, 2.05) is 6.07 Å². The Kier molecular flexibility index (Phi) is 3.11. The van der Waals surface area contributed by atoms with Crippen molar-refractivity contribution in [3.05, 3.63) is 27.7 Å². The van der Waals surface area contributed by atoms with Crippen LogP contribution in [0.1, 0.15) is 11.1 Å². The summed E-state index contributed by atoms with van der Waals surface area (Å²) in [5, 5.41) is 3.23. The van der Waals surface area contributed by atoms with Crippen LogP contribution in [-0.4, -0.2) is 11.7 Å². The van der Waals surface area contributed by atoms with Crippen LogP contribution in [0.3, 0.4) is 0 Å². The van der Waals surface area contributed by atoms with Gasteiger partial charge in [0.1, 0.15) is 5.75 Å². The van der Waals surface area contributed by atoms with E-state index < -0.39 is 0 Å². The highest BCUT2D eigenvalue weighted by atomic mass is 79.9. The molecule has 15 heavy (non-hydrogen) atoms. The first kappa shape index (κ1) is 10.7. The molecule has 0 atom stereocenters. The first-order valence-electron chi connectivity index (χ1n) is 4.64. The fourth-order valence-corrected chi connectivity index (χ4v) is 2.28. The molecule has 0 saturated carbocycles. The summed E-state index contributed by atoms with van der Waals surface area (Å²) in [6.07, 6.45) is 0.967. The van der Waals surface area contributed by atoms with Gasteiger partial charge in [0.25, 0.3) is 0 Å². The normalized spacial score (nSPS) is 13.1. The van der Waals surface area contributed by atoms with Crippen molar-refractivity contribution in [3.63, 3.8) is 0 Å². The molecular formula is C10H11BrN2OS. The summed E-state index contributed by atoms with van der Waals surface area (Å²) in [6, 6.07) is 4.11. The quantitative estimate of drug-likeness (QED) is 0.813. The van der Waals surface area contributed by atoms with Gasteiger partial charge in [-0.2, -0.15) is 0 Å². The number of halogens is 1. The molecule has 1 aromatic carbocycles. The van der Waals surface area contributed by atoms with Crippen molar-refractivity contribution in [1.82, 2.24) is 5.32 Å². The number of hydrogen-bond donors (Lipinski definition) is 2. The van der Waals surface area contributed by atoms with Crippen LogP contribution in [0.5, 0.6) is 5.75 Å². The van der Waals surface area contributed by atoms with Crippen molar-refractivity contribution in [2.45, 2.75) is 13.0 Å². The Labute approximate surface area is 102 Å². The third-order valence-electron chi connectivity index (χ3n) is 2.28. The second kappa shape index (κ2) is 4.37. The Hall–Kier alpha value is -0.810. The zero-order valence-electron chi connectivity index (χ0n) is 8.05. The third kappa shape index (κ3) is 2.41. The number of nitrogens with two attached hydrogens (primary N) is 1. The monoisotopic (exact) mass is 286 g/mol. The lowest BCUT2D eigenvalue weighted by Crippen LogP contribution is -2.28. The van der Waals surface area contributed by atoms with Gasteiger partial charge >= 0.3 is 0 Å². The molecule has 0 radical (unpaired) electrons. The number of nitrogens with one attached hydrogen (secondary N) is 1. The van der Waals surface area contributed by atoms with E-state index in [9.17, 15) is 0 Å². The third-order valence-corrected chi connectivity index (χ3v) is 2.88. The molecular weight excluding hydrogens is 276 g/mol. The van der Waals surface area contributed by atoms with Gasteiger partial charge < -0.3 is 15.8 Å². The molecule has 0 aliphatic carbocycles. The highest BCUT2D eigenvalue weighted by Gasteiger charge is 2.17. The van der Waals surface area contributed by atoms with Crippen LogP contribution in [0.25, 0.3) is 0 Å². The molecule has 0 spiro atoms. The molecule has 80 valence electrons. The van der Waals surface area contributed by atoms with Gasteiger partial charge in [-0.05, 0) is 29.9 Å². The fraction of sp³-hybridized carbons (Fsp3) is 0.300. The van der Waals surface area contributed by atoms with E-state index in [1.54, 1.807) is 0 Å². The SMILES string of the molecule is NC(=S)NCc1cc(Br)cc2c1OCC2. The van der Waals surface area contributed by atoms with Crippen LogP contribution in [0, 0.1) is 0 Å². The second-order valence-corrected chi connectivity index (χ2v) is 4.72. The molecule has 0 saturated heterocycles. The van der Waals surface area contributed by atoms with E-state index in [4.69, 9.17) is 22.7 Å². The largest absolute Gasteiger partial charge is 0.493 e. The average Bonchev–Trinajstić information content (AvgIpc) is 2.61. The van der Waals surface area contributed by atoms with Crippen LogP contribution < -0.4 is 15.8 Å². The maximum atomic E-state index is 5.57. The lowest BCUT2D eigenvalue weighted by Gasteiger charge is -2.09. The summed E-state index contributed by atoms with van der Waals surface area (Å²) >= 11 is 8.24. The molecule has 0 fully saturated rings. The van der Waals surface area contributed by atoms with Crippen molar-refractivity contribution in [2.24, 2.45) is 5.73 Å². The van der Waals surface area contributed by atoms with E-state index in [0.29, 0.717) is 11.7 Å². The predicted molar refractivity (Wildman–Crippen MR) is 67.0 cm³/mol. The summed E-state index contributed by atoms with van der Waals surface area (Å²) in [6.45, 7) is 1.36. The molecule has 0 amide bonds. The molecule has 1 aliphatic rings. The Bertz CT molecular complexity index is 409. The zero-order valence-corrected chi connectivity index (χ0v) is 10.5. The fourth-order valence-electron chi connectivity index (χ4n) is 1.66. The van der Waals surface area contributed by atoms with Gasteiger partial charge in [-0.1, -0.05) is 15.9 Å². The van der Waals surface area contributed by atoms with Crippen LogP contribution >= 0.6 is 28.1 Å². The molecule has 1 aromatic rings. The van der Waals surface area contributed by atoms with Crippen molar-refractivity contribution in [3.8, 4) is 5.75 Å². The van der Waals surface area contributed by atoms with Crippen molar-refractivity contribution in [2.75, 3.05) is 6.61 Å². The smallest absolute Gasteiger partial charge is 0.163 e. The Morgan fingerprint density at radius 3 is 3.13 bits per heavy atom. The Balaban J connectivity index is 2.26. The summed E-state index contributed by atoms with van der Waals surface area (Å²) in [5.41, 5.74) is 7.72. The lowest BCUT2D eigenvalue weighted by atomic mass is 10.1. The Morgan fingerprint density at radius 1 is 1.60 bits per heavy atom. The summed E-state index contributed by atoms with van der Waals surface area (Å²) in [5.74, 6) is 0.974. The molecule has 1 aliphatic heterocycles. The first-order valence-corrected chi connectivity index (χ1v) is 5.84. The number of hydrogen-bond acceptors (Lipinski definition) is 2. The number of rotatable bonds is 2. The van der Waals surface area contributed by atoms with Gasteiger partial charge in [0.2, 0.25) is 0 Å². The molecule has 3 N–H and O–H groups in total. The van der Waals surface area contributed by atoms with E-state index in [-0.39, 0.29) is 0 Å². The van der Waals surface area contributed by atoms with E-state index >= 15 is 0 Å². The summed E-state index contributed by atoms with van der Waals surface area (Å²) in [7, 11) is 0. The standard InChI is InChI=1S/C10H11BrN2OS/c11-8-3-6-1-2-14-9(6)7(4-8)5-13-10(12)15/h3-4H,1-2,5H2,(H3,12,13,15). The van der Waals surface area contributed by atoms with Crippen LogP contribution in [0.15, 0.2) is 16.6 Å². The van der Waals surface area contributed by atoms with Gasteiger partial charge in [-0.3, -0.25) is 0 Å². The maximum Gasteiger partial charge on any atom is 0.163 e. The summed E-state index contributed by atoms with van der Waals surface area (Å²) < 4.78 is 6.63. The van der Waals surface area contributed by atoms with Gasteiger partial charge in [0.05, 0.1) is 6.61 Å². The highest BCUT2D eigenvalue weighted by molar-refractivity contribution is 9.10. The van der Waals surface area contributed by atoms with Gasteiger partial charge in [0, 0.05) is 23.0 Å². The van der Waals surface area contributed by atoms with Crippen LogP contribution in [0.4, 0.5) is 0 Å². The predicted octanol–water partition coefficient (Wildman–Crippen LogP) is 1.72. The number of fused-ring (bicyclic) bond motifs is 1. The average molecular weight is 287 g/mol. The molecule has 0 aromatic heterocycles. The number of benzene rings is 1. The van der Waals surface area contributed by atoms with Crippen LogP contribution in [-0.2, 0) is 13.0 Å². The van der Waals surface area contributed by atoms with E-state index in [1.165, 1.54) is 5.56 Å². The van der Waals surface area contributed by atoms with E-state index in [2.05, 4.69) is 27.3 Å². The first-order chi connectivity index (χ1) is 7.16. The minimum absolute atomic E-state index is 0.307. The molecule has 0 unspecified atom stereocenters. The highest BCUT2D eigenvalue weighted by Crippen LogP contribution is 2.32. The molecule has 5 heteroatoms. The maximum absolute atomic E-state index is 5.57. The lowest BCUT2D eigenvalue weighted by molar-refractivity contribution is 0.353. The topological polar surface area (TPSA) is 47.3 Å². The number of ether oxygens (including phenoxy) is 1. The van der Waals surface area contributed by atoms with E-state index in [0.717, 1.165) is 28.8 Å². The Morgan fingerprint density at radius 2 is 2.40 bits per heavy atom. The van der Waals surface area contributed by atoms with Crippen molar-refractivity contribution < 1.29 is 4.74 Å². The number of thiocarbonyl (C=S) groups is 1. The molecule has 2 rings (SSSR count). The second-order valence-electron chi connectivity index (χ2n) is 3.37. The van der Waals surface area contributed by atoms with Gasteiger partial charge in [-0.15, -0.1) is 0 Å². The van der Waals surface area contributed by atoms with Crippen molar-refractivity contribution >= 4 is 33.3 Å². The molecule has 3 nitrogen and oxygen atoms in total. The summed E-state index contributed by atoms with van der Waals surface area (Å²) in [4.78, 5) is 0. The van der Waals surface area contributed by atoms with Crippen molar-refractivity contribution in [1.29, 1.82) is 0 Å². The zero-order chi connectivity index (χ0) is 10.8. The van der Waals surface area contributed by atoms with Gasteiger partial charge in [-0.25, -0.2) is 0 Å². The molecule has 1 heterocycles. The van der Waals surface area contributed by atoms with Gasteiger partial charge in [0.15, 0.2) is 5.11 Å². The van der Waals surface area contributed by atoms with Crippen LogP contribution in [0.2, 0.25) is 0 Å². The minimum atomic E-state index is 0.307.